The lowest BCUT2D eigenvalue weighted by molar-refractivity contribution is -0.139. The topological polar surface area (TPSA) is 66.9 Å². The highest BCUT2D eigenvalue weighted by atomic mass is 79.9. The highest BCUT2D eigenvalue weighted by Crippen LogP contribution is 2.25. The van der Waals surface area contributed by atoms with Gasteiger partial charge in [0.05, 0.1) is 10.2 Å². The molecule has 0 N–H and O–H groups in total. The third-order valence-electron chi connectivity index (χ3n) is 3.95. The molecule has 0 saturated carbocycles. The first-order chi connectivity index (χ1) is 11.3. The Hall–Kier alpha value is -1.12. The number of para-hydroxylation sites is 1. The van der Waals surface area contributed by atoms with Crippen molar-refractivity contribution in [3.63, 3.8) is 0 Å². The van der Waals surface area contributed by atoms with Crippen LogP contribution in [0.15, 0.2) is 28.7 Å². The summed E-state index contributed by atoms with van der Waals surface area (Å²) < 4.78 is 29.0. The van der Waals surface area contributed by atoms with Crippen molar-refractivity contribution in [2.45, 2.75) is 13.0 Å². The molecular formula is C16H23BrN2O4S. The Morgan fingerprint density at radius 2 is 1.88 bits per heavy atom. The number of rotatable bonds is 6. The molecule has 6 nitrogen and oxygen atoms in total. The molecule has 0 aliphatic carbocycles. The van der Waals surface area contributed by atoms with Crippen molar-refractivity contribution in [2.24, 2.45) is 0 Å². The SMILES string of the molecule is CC(Oc1ccccc1Br)C(=O)N1CCN(CCS(C)(=O)=O)CC1. The van der Waals surface area contributed by atoms with E-state index in [-0.39, 0.29) is 11.7 Å². The van der Waals surface area contributed by atoms with Gasteiger partial charge in [0.25, 0.3) is 5.91 Å². The molecule has 8 heteroatoms. The van der Waals surface area contributed by atoms with Gasteiger partial charge in [-0.2, -0.15) is 0 Å². The first kappa shape index (κ1) is 19.2. The molecule has 1 fully saturated rings. The van der Waals surface area contributed by atoms with Gasteiger partial charge in [0.2, 0.25) is 0 Å². The number of benzene rings is 1. The summed E-state index contributed by atoms with van der Waals surface area (Å²) >= 11 is 3.41. The van der Waals surface area contributed by atoms with E-state index in [1.807, 2.05) is 24.3 Å². The number of carbonyl (C=O) groups excluding carboxylic acids is 1. The van der Waals surface area contributed by atoms with Crippen LogP contribution in [-0.2, 0) is 14.6 Å². The summed E-state index contributed by atoms with van der Waals surface area (Å²) in [6.07, 6.45) is 0.680. The second-order valence-corrected chi connectivity index (χ2v) is 9.10. The number of hydrogen-bond acceptors (Lipinski definition) is 5. The minimum atomic E-state index is -2.95. The predicted octanol–water partition coefficient (Wildman–Crippen LogP) is 1.41. The molecule has 1 unspecified atom stereocenters. The fourth-order valence-corrected chi connectivity index (χ4v) is 3.49. The van der Waals surface area contributed by atoms with Gasteiger partial charge in [-0.3, -0.25) is 9.69 Å². The second kappa shape index (κ2) is 8.31. The monoisotopic (exact) mass is 418 g/mol. The molecule has 1 aromatic carbocycles. The Morgan fingerprint density at radius 3 is 2.46 bits per heavy atom. The number of amides is 1. The number of carbonyl (C=O) groups is 1. The fourth-order valence-electron chi connectivity index (χ4n) is 2.53. The van der Waals surface area contributed by atoms with Crippen LogP contribution in [-0.4, -0.2) is 75.0 Å². The van der Waals surface area contributed by atoms with Crippen LogP contribution in [0.5, 0.6) is 5.75 Å². The van der Waals surface area contributed by atoms with E-state index in [0.29, 0.717) is 38.5 Å². The van der Waals surface area contributed by atoms with E-state index >= 15 is 0 Å². The van der Waals surface area contributed by atoms with E-state index < -0.39 is 15.9 Å². The molecule has 0 spiro atoms. The van der Waals surface area contributed by atoms with Crippen LogP contribution in [0.2, 0.25) is 0 Å². The molecule has 1 aromatic rings. The van der Waals surface area contributed by atoms with Crippen LogP contribution in [0.3, 0.4) is 0 Å². The molecule has 1 aliphatic rings. The van der Waals surface area contributed by atoms with E-state index in [4.69, 9.17) is 4.74 Å². The Labute approximate surface area is 151 Å². The predicted molar refractivity (Wildman–Crippen MR) is 97.0 cm³/mol. The quantitative estimate of drug-likeness (QED) is 0.698. The van der Waals surface area contributed by atoms with Crippen LogP contribution in [0.1, 0.15) is 6.92 Å². The number of nitrogens with zero attached hydrogens (tertiary/aromatic N) is 2. The van der Waals surface area contributed by atoms with Crippen molar-refractivity contribution in [1.29, 1.82) is 0 Å². The second-order valence-electron chi connectivity index (χ2n) is 5.99. The zero-order valence-corrected chi connectivity index (χ0v) is 16.3. The summed E-state index contributed by atoms with van der Waals surface area (Å²) in [7, 11) is -2.95. The first-order valence-electron chi connectivity index (χ1n) is 7.86. The standard InChI is InChI=1S/C16H23BrN2O4S/c1-13(23-15-6-4-3-5-14(15)17)16(20)19-9-7-18(8-10-19)11-12-24(2,21)22/h3-6,13H,7-12H2,1-2H3. The lowest BCUT2D eigenvalue weighted by atomic mass is 10.2. The van der Waals surface area contributed by atoms with Crippen molar-refractivity contribution < 1.29 is 17.9 Å². The van der Waals surface area contributed by atoms with Crippen molar-refractivity contribution >= 4 is 31.7 Å². The van der Waals surface area contributed by atoms with Crippen LogP contribution in [0, 0.1) is 0 Å². The van der Waals surface area contributed by atoms with Crippen molar-refractivity contribution in [3.05, 3.63) is 28.7 Å². The fraction of sp³-hybridized carbons (Fsp3) is 0.562. The molecule has 1 amide bonds. The minimum absolute atomic E-state index is 0.0477. The Balaban J connectivity index is 1.83. The van der Waals surface area contributed by atoms with E-state index in [0.717, 1.165) is 4.47 Å². The molecule has 1 atom stereocenters. The summed E-state index contributed by atoms with van der Waals surface area (Å²) in [4.78, 5) is 16.4. The smallest absolute Gasteiger partial charge is 0.263 e. The number of hydrogen-bond donors (Lipinski definition) is 0. The molecule has 134 valence electrons. The average Bonchev–Trinajstić information content (AvgIpc) is 2.54. The maximum absolute atomic E-state index is 12.5. The third-order valence-corrected chi connectivity index (χ3v) is 5.53. The molecule has 1 aliphatic heterocycles. The van der Waals surface area contributed by atoms with Crippen LogP contribution < -0.4 is 4.74 Å². The highest BCUT2D eigenvalue weighted by molar-refractivity contribution is 9.10. The summed E-state index contributed by atoms with van der Waals surface area (Å²) in [6, 6.07) is 7.43. The zero-order valence-electron chi connectivity index (χ0n) is 13.9. The van der Waals surface area contributed by atoms with Gasteiger partial charge in [-0.25, -0.2) is 8.42 Å². The minimum Gasteiger partial charge on any atom is -0.480 e. The Morgan fingerprint density at radius 1 is 1.25 bits per heavy atom. The van der Waals surface area contributed by atoms with Gasteiger partial charge in [-0.05, 0) is 35.0 Å². The van der Waals surface area contributed by atoms with Gasteiger partial charge in [0.15, 0.2) is 6.10 Å². The zero-order chi connectivity index (χ0) is 17.7. The molecule has 0 aromatic heterocycles. The number of piperazine rings is 1. The van der Waals surface area contributed by atoms with Crippen molar-refractivity contribution in [2.75, 3.05) is 44.7 Å². The van der Waals surface area contributed by atoms with Gasteiger partial charge >= 0.3 is 0 Å². The summed E-state index contributed by atoms with van der Waals surface area (Å²) in [5.41, 5.74) is 0. The largest absolute Gasteiger partial charge is 0.480 e. The molecule has 24 heavy (non-hydrogen) atoms. The molecule has 1 saturated heterocycles. The van der Waals surface area contributed by atoms with Gasteiger partial charge in [-0.1, -0.05) is 12.1 Å². The molecule has 0 bridgehead atoms. The number of ether oxygens (including phenoxy) is 1. The van der Waals surface area contributed by atoms with Crippen molar-refractivity contribution in [1.82, 2.24) is 9.80 Å². The Bertz CT molecular complexity index is 672. The van der Waals surface area contributed by atoms with Gasteiger partial charge < -0.3 is 9.64 Å². The molecule has 0 radical (unpaired) electrons. The highest BCUT2D eigenvalue weighted by Gasteiger charge is 2.26. The molecule has 2 rings (SSSR count). The van der Waals surface area contributed by atoms with Gasteiger partial charge in [-0.15, -0.1) is 0 Å². The maximum Gasteiger partial charge on any atom is 0.263 e. The third kappa shape index (κ3) is 5.75. The normalized spacial score (nSPS) is 17.5. The molecular weight excluding hydrogens is 396 g/mol. The van der Waals surface area contributed by atoms with Crippen LogP contribution in [0.25, 0.3) is 0 Å². The average molecular weight is 419 g/mol. The van der Waals surface area contributed by atoms with E-state index in [1.165, 1.54) is 6.26 Å². The number of sulfone groups is 1. The van der Waals surface area contributed by atoms with E-state index in [1.54, 1.807) is 11.8 Å². The number of halogens is 1. The summed E-state index contributed by atoms with van der Waals surface area (Å²) in [6.45, 7) is 4.81. The Kier molecular flexibility index (Phi) is 6.65. The molecule has 1 heterocycles. The maximum atomic E-state index is 12.5. The summed E-state index contributed by atoms with van der Waals surface area (Å²) in [5.74, 6) is 0.751. The van der Waals surface area contributed by atoms with Crippen LogP contribution >= 0.6 is 15.9 Å². The van der Waals surface area contributed by atoms with Gasteiger partial charge in [0, 0.05) is 39.0 Å². The van der Waals surface area contributed by atoms with E-state index in [9.17, 15) is 13.2 Å². The van der Waals surface area contributed by atoms with Crippen LogP contribution in [0.4, 0.5) is 0 Å². The van der Waals surface area contributed by atoms with Crippen molar-refractivity contribution in [3.8, 4) is 5.75 Å². The van der Waals surface area contributed by atoms with Gasteiger partial charge in [0.1, 0.15) is 15.6 Å². The lowest BCUT2D eigenvalue weighted by Crippen LogP contribution is -2.52. The lowest BCUT2D eigenvalue weighted by Gasteiger charge is -2.35. The summed E-state index contributed by atoms with van der Waals surface area (Å²) in [5, 5.41) is 0. The van der Waals surface area contributed by atoms with E-state index in [2.05, 4.69) is 20.8 Å². The first-order valence-corrected chi connectivity index (χ1v) is 10.7.